The standard InChI is InChI=1S/C9H16N2/c1-2-6-11-7-3-5-10-8-9(11)4-1/h4,10H,1-3,5-8H2. The van der Waals surface area contributed by atoms with Crippen LogP contribution in [0.3, 0.4) is 0 Å². The molecule has 0 aromatic heterocycles. The van der Waals surface area contributed by atoms with Gasteiger partial charge in [0.15, 0.2) is 0 Å². The summed E-state index contributed by atoms with van der Waals surface area (Å²) in [5, 5.41) is 3.44. The van der Waals surface area contributed by atoms with Gasteiger partial charge in [-0.2, -0.15) is 0 Å². The summed E-state index contributed by atoms with van der Waals surface area (Å²) in [6.45, 7) is 4.83. The first-order valence-corrected chi connectivity index (χ1v) is 4.61. The first kappa shape index (κ1) is 7.17. The molecule has 2 aliphatic heterocycles. The fourth-order valence-electron chi connectivity index (χ4n) is 1.87. The van der Waals surface area contributed by atoms with Gasteiger partial charge in [-0.05, 0) is 25.8 Å². The topological polar surface area (TPSA) is 15.3 Å². The molecule has 11 heavy (non-hydrogen) atoms. The molecule has 2 nitrogen and oxygen atoms in total. The summed E-state index contributed by atoms with van der Waals surface area (Å²) in [7, 11) is 0. The zero-order chi connectivity index (χ0) is 7.52. The van der Waals surface area contributed by atoms with E-state index in [0.717, 1.165) is 6.54 Å². The van der Waals surface area contributed by atoms with Gasteiger partial charge in [0.25, 0.3) is 0 Å². The Balaban J connectivity index is 2.07. The predicted octanol–water partition coefficient (Wildman–Crippen LogP) is 0.959. The van der Waals surface area contributed by atoms with Crippen LogP contribution in [-0.4, -0.2) is 31.1 Å². The molecular formula is C9H16N2. The van der Waals surface area contributed by atoms with Crippen LogP contribution in [0.4, 0.5) is 0 Å². The van der Waals surface area contributed by atoms with E-state index >= 15 is 0 Å². The highest BCUT2D eigenvalue weighted by Crippen LogP contribution is 2.15. The van der Waals surface area contributed by atoms with Crippen LogP contribution >= 0.6 is 0 Å². The third-order valence-electron chi connectivity index (χ3n) is 2.51. The van der Waals surface area contributed by atoms with E-state index in [1.807, 2.05) is 0 Å². The van der Waals surface area contributed by atoms with E-state index in [-0.39, 0.29) is 0 Å². The van der Waals surface area contributed by atoms with Crippen LogP contribution in [0.2, 0.25) is 0 Å². The number of nitrogens with zero attached hydrogens (tertiary/aromatic N) is 1. The summed E-state index contributed by atoms with van der Waals surface area (Å²) >= 11 is 0. The lowest BCUT2D eigenvalue weighted by molar-refractivity contribution is 0.329. The summed E-state index contributed by atoms with van der Waals surface area (Å²) in [5.74, 6) is 0. The van der Waals surface area contributed by atoms with E-state index < -0.39 is 0 Å². The minimum Gasteiger partial charge on any atom is -0.374 e. The Hall–Kier alpha value is -0.500. The molecule has 2 rings (SSSR count). The fraction of sp³-hybridized carbons (Fsp3) is 0.778. The fourth-order valence-corrected chi connectivity index (χ4v) is 1.87. The van der Waals surface area contributed by atoms with Gasteiger partial charge >= 0.3 is 0 Å². The second-order valence-electron chi connectivity index (χ2n) is 3.36. The average molecular weight is 152 g/mol. The van der Waals surface area contributed by atoms with E-state index in [2.05, 4.69) is 16.3 Å². The average Bonchev–Trinajstić information content (AvgIpc) is 2.28. The highest BCUT2D eigenvalue weighted by molar-refractivity contribution is 5.07. The van der Waals surface area contributed by atoms with Gasteiger partial charge in [0.05, 0.1) is 0 Å². The smallest absolute Gasteiger partial charge is 0.0352 e. The highest BCUT2D eigenvalue weighted by Gasteiger charge is 2.14. The van der Waals surface area contributed by atoms with Crippen molar-refractivity contribution in [2.75, 3.05) is 26.2 Å². The molecule has 1 fully saturated rings. The Morgan fingerprint density at radius 1 is 1.27 bits per heavy atom. The summed E-state index contributed by atoms with van der Waals surface area (Å²) in [6.07, 6.45) is 6.33. The van der Waals surface area contributed by atoms with Crippen LogP contribution in [-0.2, 0) is 0 Å². The Labute approximate surface area is 68.3 Å². The molecule has 0 radical (unpaired) electrons. The summed E-state index contributed by atoms with van der Waals surface area (Å²) in [6, 6.07) is 0. The molecule has 0 aliphatic carbocycles. The maximum atomic E-state index is 3.44. The lowest BCUT2D eigenvalue weighted by Gasteiger charge is -2.28. The number of hydrogen-bond acceptors (Lipinski definition) is 2. The Kier molecular flexibility index (Phi) is 2.13. The Morgan fingerprint density at radius 2 is 2.18 bits per heavy atom. The zero-order valence-electron chi connectivity index (χ0n) is 6.97. The number of hydrogen-bond donors (Lipinski definition) is 1. The molecule has 0 bridgehead atoms. The van der Waals surface area contributed by atoms with Crippen molar-refractivity contribution in [2.45, 2.75) is 19.3 Å². The van der Waals surface area contributed by atoms with Crippen molar-refractivity contribution in [3.05, 3.63) is 11.8 Å². The number of nitrogens with one attached hydrogen (secondary N) is 1. The van der Waals surface area contributed by atoms with E-state index in [1.54, 1.807) is 0 Å². The molecule has 0 spiro atoms. The lowest BCUT2D eigenvalue weighted by atomic mass is 10.1. The predicted molar refractivity (Wildman–Crippen MR) is 46.4 cm³/mol. The SMILES string of the molecule is C1=C2CNCCCN2CCC1. The van der Waals surface area contributed by atoms with Crippen LogP contribution in [0.25, 0.3) is 0 Å². The van der Waals surface area contributed by atoms with Gasteiger partial charge in [0.2, 0.25) is 0 Å². The minimum atomic E-state index is 1.10. The Bertz CT molecular complexity index is 163. The van der Waals surface area contributed by atoms with Gasteiger partial charge in [-0.1, -0.05) is 6.08 Å². The van der Waals surface area contributed by atoms with Gasteiger partial charge in [-0.25, -0.2) is 0 Å². The molecule has 0 aromatic rings. The number of allylic oxidation sites excluding steroid dienone is 1. The molecule has 0 atom stereocenters. The van der Waals surface area contributed by atoms with E-state index in [4.69, 9.17) is 0 Å². The van der Waals surface area contributed by atoms with Crippen molar-refractivity contribution in [3.63, 3.8) is 0 Å². The first-order chi connectivity index (χ1) is 5.47. The molecular weight excluding hydrogens is 136 g/mol. The van der Waals surface area contributed by atoms with E-state index in [1.165, 1.54) is 44.6 Å². The van der Waals surface area contributed by atoms with E-state index in [9.17, 15) is 0 Å². The third kappa shape index (κ3) is 1.56. The molecule has 62 valence electrons. The normalized spacial score (nSPS) is 25.5. The maximum absolute atomic E-state index is 3.44. The van der Waals surface area contributed by atoms with Gasteiger partial charge in [0, 0.05) is 25.3 Å². The lowest BCUT2D eigenvalue weighted by Crippen LogP contribution is -2.29. The van der Waals surface area contributed by atoms with Gasteiger partial charge in [-0.3, -0.25) is 0 Å². The van der Waals surface area contributed by atoms with Gasteiger partial charge in [-0.15, -0.1) is 0 Å². The van der Waals surface area contributed by atoms with Crippen molar-refractivity contribution in [1.29, 1.82) is 0 Å². The van der Waals surface area contributed by atoms with Crippen molar-refractivity contribution >= 4 is 0 Å². The monoisotopic (exact) mass is 152 g/mol. The van der Waals surface area contributed by atoms with Gasteiger partial charge in [0.1, 0.15) is 0 Å². The molecule has 0 unspecified atom stereocenters. The molecule has 2 heteroatoms. The van der Waals surface area contributed by atoms with Crippen LogP contribution in [0.1, 0.15) is 19.3 Å². The highest BCUT2D eigenvalue weighted by atomic mass is 15.2. The van der Waals surface area contributed by atoms with Crippen LogP contribution < -0.4 is 5.32 Å². The van der Waals surface area contributed by atoms with Crippen molar-refractivity contribution in [3.8, 4) is 0 Å². The van der Waals surface area contributed by atoms with E-state index in [0.29, 0.717) is 0 Å². The summed E-state index contributed by atoms with van der Waals surface area (Å²) in [4.78, 5) is 2.53. The van der Waals surface area contributed by atoms with Crippen LogP contribution in [0.5, 0.6) is 0 Å². The third-order valence-corrected chi connectivity index (χ3v) is 2.51. The molecule has 1 N–H and O–H groups in total. The second kappa shape index (κ2) is 3.26. The molecule has 0 amide bonds. The molecule has 0 saturated carbocycles. The van der Waals surface area contributed by atoms with Crippen molar-refractivity contribution < 1.29 is 0 Å². The largest absolute Gasteiger partial charge is 0.374 e. The van der Waals surface area contributed by atoms with Crippen molar-refractivity contribution in [2.24, 2.45) is 0 Å². The van der Waals surface area contributed by atoms with Crippen LogP contribution in [0.15, 0.2) is 11.8 Å². The maximum Gasteiger partial charge on any atom is 0.0352 e. The molecule has 2 aliphatic rings. The summed E-state index contributed by atoms with van der Waals surface area (Å²) < 4.78 is 0. The number of rotatable bonds is 0. The molecule has 2 heterocycles. The minimum absolute atomic E-state index is 1.10. The van der Waals surface area contributed by atoms with Crippen molar-refractivity contribution in [1.82, 2.24) is 10.2 Å². The first-order valence-electron chi connectivity index (χ1n) is 4.61. The second-order valence-corrected chi connectivity index (χ2v) is 3.36. The summed E-state index contributed by atoms with van der Waals surface area (Å²) in [5.41, 5.74) is 1.54. The zero-order valence-corrected chi connectivity index (χ0v) is 6.97. The van der Waals surface area contributed by atoms with Crippen LogP contribution in [0, 0.1) is 0 Å². The molecule has 0 aromatic carbocycles. The quantitative estimate of drug-likeness (QED) is 0.556. The van der Waals surface area contributed by atoms with Gasteiger partial charge < -0.3 is 10.2 Å². The molecule has 1 saturated heterocycles. The Morgan fingerprint density at radius 3 is 3.18 bits per heavy atom. The number of fused-ring (bicyclic) bond motifs is 1.